The molecule has 2 N–H and O–H groups in total. The standard InChI is InChI=1S/C19H19Cl2NO3/c1-12(13-8-9-15(20)16(21)10-13)22-17(23)11-19(2,18(24)25)14-6-4-3-5-7-14/h3-10,12H,11H2,1-2H3,(H,22,23)(H,24,25)/t12-,19-/m1/s1. The van der Waals surface area contributed by atoms with Crippen LogP contribution in [-0.4, -0.2) is 17.0 Å². The van der Waals surface area contributed by atoms with Crippen molar-refractivity contribution < 1.29 is 14.7 Å². The van der Waals surface area contributed by atoms with Crippen LogP contribution in [0.25, 0.3) is 0 Å². The molecule has 2 aromatic carbocycles. The molecule has 0 saturated carbocycles. The van der Waals surface area contributed by atoms with Crippen LogP contribution in [0, 0.1) is 0 Å². The van der Waals surface area contributed by atoms with Crippen LogP contribution >= 0.6 is 23.2 Å². The first-order valence-electron chi connectivity index (χ1n) is 7.77. The van der Waals surface area contributed by atoms with Gasteiger partial charge in [0.1, 0.15) is 0 Å². The van der Waals surface area contributed by atoms with Gasteiger partial charge in [-0.1, -0.05) is 59.6 Å². The number of hydrogen-bond donors (Lipinski definition) is 2. The molecule has 25 heavy (non-hydrogen) atoms. The lowest BCUT2D eigenvalue weighted by molar-refractivity contribution is -0.145. The second-order valence-electron chi connectivity index (χ2n) is 6.14. The van der Waals surface area contributed by atoms with Gasteiger partial charge >= 0.3 is 5.97 Å². The van der Waals surface area contributed by atoms with Crippen molar-refractivity contribution in [1.82, 2.24) is 5.32 Å². The van der Waals surface area contributed by atoms with E-state index in [1.165, 1.54) is 0 Å². The minimum absolute atomic E-state index is 0.169. The molecule has 0 aliphatic heterocycles. The van der Waals surface area contributed by atoms with Crippen molar-refractivity contribution in [3.8, 4) is 0 Å². The lowest BCUT2D eigenvalue weighted by Gasteiger charge is -2.26. The Labute approximate surface area is 156 Å². The second kappa shape index (κ2) is 7.89. The number of carboxylic acids is 1. The molecule has 2 aromatic rings. The van der Waals surface area contributed by atoms with E-state index in [1.807, 2.05) is 0 Å². The normalized spacial score (nSPS) is 14.4. The van der Waals surface area contributed by atoms with Crippen molar-refractivity contribution in [2.24, 2.45) is 0 Å². The van der Waals surface area contributed by atoms with Crippen LogP contribution in [0.1, 0.15) is 37.4 Å². The molecule has 6 heteroatoms. The van der Waals surface area contributed by atoms with Gasteiger partial charge in [-0.3, -0.25) is 9.59 Å². The summed E-state index contributed by atoms with van der Waals surface area (Å²) in [5.41, 5.74) is 0.0715. The smallest absolute Gasteiger partial charge is 0.314 e. The van der Waals surface area contributed by atoms with Crippen LogP contribution in [0.4, 0.5) is 0 Å². The molecule has 0 aliphatic carbocycles. The Balaban J connectivity index is 2.14. The highest BCUT2D eigenvalue weighted by atomic mass is 35.5. The molecular weight excluding hydrogens is 361 g/mol. The van der Waals surface area contributed by atoms with Crippen molar-refractivity contribution in [3.63, 3.8) is 0 Å². The van der Waals surface area contributed by atoms with Gasteiger partial charge in [0.25, 0.3) is 0 Å². The van der Waals surface area contributed by atoms with Gasteiger partial charge in [-0.05, 0) is 37.1 Å². The predicted octanol–water partition coefficient (Wildman–Crippen LogP) is 4.60. The summed E-state index contributed by atoms with van der Waals surface area (Å²) < 4.78 is 0. The highest BCUT2D eigenvalue weighted by Crippen LogP contribution is 2.29. The minimum atomic E-state index is -1.30. The first-order valence-corrected chi connectivity index (χ1v) is 8.53. The fourth-order valence-corrected chi connectivity index (χ4v) is 2.89. The fourth-order valence-electron chi connectivity index (χ4n) is 2.59. The number of carboxylic acid groups (broad SMARTS) is 1. The number of nitrogens with one attached hydrogen (secondary N) is 1. The Hall–Kier alpha value is -2.04. The van der Waals surface area contributed by atoms with Gasteiger partial charge in [-0.2, -0.15) is 0 Å². The van der Waals surface area contributed by atoms with Crippen LogP contribution < -0.4 is 5.32 Å². The molecular formula is C19H19Cl2NO3. The average molecular weight is 380 g/mol. The van der Waals surface area contributed by atoms with Gasteiger partial charge in [0.05, 0.1) is 21.5 Å². The van der Waals surface area contributed by atoms with Gasteiger partial charge in [0.15, 0.2) is 0 Å². The van der Waals surface area contributed by atoms with Crippen LogP contribution in [-0.2, 0) is 15.0 Å². The van der Waals surface area contributed by atoms with E-state index in [0.717, 1.165) is 5.56 Å². The molecule has 2 rings (SSSR count). The van der Waals surface area contributed by atoms with Crippen molar-refractivity contribution in [2.75, 3.05) is 0 Å². The zero-order valence-corrected chi connectivity index (χ0v) is 15.4. The molecule has 0 unspecified atom stereocenters. The maximum Gasteiger partial charge on any atom is 0.314 e. The molecule has 0 heterocycles. The van der Waals surface area contributed by atoms with Gasteiger partial charge in [0.2, 0.25) is 5.91 Å². The van der Waals surface area contributed by atoms with E-state index in [4.69, 9.17) is 23.2 Å². The predicted molar refractivity (Wildman–Crippen MR) is 99.1 cm³/mol. The number of halogens is 2. The van der Waals surface area contributed by atoms with Gasteiger partial charge < -0.3 is 10.4 Å². The third kappa shape index (κ3) is 4.53. The number of benzene rings is 2. The molecule has 0 bridgehead atoms. The summed E-state index contributed by atoms with van der Waals surface area (Å²) in [5, 5.41) is 13.3. The molecule has 2 atom stereocenters. The summed E-state index contributed by atoms with van der Waals surface area (Å²) in [6, 6.07) is 13.5. The third-order valence-electron chi connectivity index (χ3n) is 4.22. The van der Waals surface area contributed by atoms with Crippen LogP contribution in [0.5, 0.6) is 0 Å². The second-order valence-corrected chi connectivity index (χ2v) is 6.96. The molecule has 0 aliphatic rings. The Morgan fingerprint density at radius 1 is 1.12 bits per heavy atom. The number of rotatable bonds is 6. The Morgan fingerprint density at radius 3 is 2.32 bits per heavy atom. The summed E-state index contributed by atoms with van der Waals surface area (Å²) in [6.07, 6.45) is -0.169. The van der Waals surface area contributed by atoms with Gasteiger partial charge in [-0.15, -0.1) is 0 Å². The third-order valence-corrected chi connectivity index (χ3v) is 4.96. The van der Waals surface area contributed by atoms with Gasteiger partial charge in [-0.25, -0.2) is 0 Å². The Bertz CT molecular complexity index is 779. The number of hydrogen-bond acceptors (Lipinski definition) is 2. The maximum absolute atomic E-state index is 12.4. The van der Waals surface area contributed by atoms with Crippen LogP contribution in [0.15, 0.2) is 48.5 Å². The van der Waals surface area contributed by atoms with E-state index >= 15 is 0 Å². The number of carbonyl (C=O) groups is 2. The minimum Gasteiger partial charge on any atom is -0.481 e. The number of aliphatic carboxylic acids is 1. The summed E-state index contributed by atoms with van der Waals surface area (Å²) >= 11 is 11.9. The summed E-state index contributed by atoms with van der Waals surface area (Å²) in [6.45, 7) is 3.35. The molecule has 0 radical (unpaired) electrons. The van der Waals surface area contributed by atoms with Crippen molar-refractivity contribution in [1.29, 1.82) is 0 Å². The summed E-state index contributed by atoms with van der Waals surface area (Å²) in [4.78, 5) is 24.2. The monoisotopic (exact) mass is 379 g/mol. The lowest BCUT2D eigenvalue weighted by Crippen LogP contribution is -2.39. The summed E-state index contributed by atoms with van der Waals surface area (Å²) in [7, 11) is 0. The molecule has 0 fully saturated rings. The molecule has 1 amide bonds. The Kier molecular flexibility index (Phi) is 6.09. The highest BCUT2D eigenvalue weighted by molar-refractivity contribution is 6.42. The van der Waals surface area contributed by atoms with Crippen LogP contribution in [0.2, 0.25) is 10.0 Å². The average Bonchev–Trinajstić information content (AvgIpc) is 2.57. The van der Waals surface area contributed by atoms with E-state index < -0.39 is 11.4 Å². The molecule has 4 nitrogen and oxygen atoms in total. The van der Waals surface area contributed by atoms with E-state index in [0.29, 0.717) is 15.6 Å². The van der Waals surface area contributed by atoms with E-state index in [1.54, 1.807) is 62.4 Å². The van der Waals surface area contributed by atoms with Gasteiger partial charge in [0, 0.05) is 6.42 Å². The highest BCUT2D eigenvalue weighted by Gasteiger charge is 2.37. The van der Waals surface area contributed by atoms with E-state index in [-0.39, 0.29) is 18.4 Å². The van der Waals surface area contributed by atoms with E-state index in [2.05, 4.69) is 5.32 Å². The first-order chi connectivity index (χ1) is 11.7. The molecule has 0 spiro atoms. The quantitative estimate of drug-likeness (QED) is 0.770. The largest absolute Gasteiger partial charge is 0.481 e. The Morgan fingerprint density at radius 2 is 1.76 bits per heavy atom. The first kappa shape index (κ1) is 19.3. The molecule has 0 aromatic heterocycles. The number of amides is 1. The van der Waals surface area contributed by atoms with Crippen LogP contribution in [0.3, 0.4) is 0 Å². The van der Waals surface area contributed by atoms with Crippen molar-refractivity contribution >= 4 is 35.1 Å². The lowest BCUT2D eigenvalue weighted by atomic mass is 9.79. The zero-order chi connectivity index (χ0) is 18.6. The van der Waals surface area contributed by atoms with Crippen molar-refractivity contribution in [3.05, 3.63) is 69.7 Å². The zero-order valence-electron chi connectivity index (χ0n) is 13.9. The fraction of sp³-hybridized carbons (Fsp3) is 0.263. The molecule has 132 valence electrons. The summed E-state index contributed by atoms with van der Waals surface area (Å²) in [5.74, 6) is -1.40. The van der Waals surface area contributed by atoms with E-state index in [9.17, 15) is 14.7 Å². The topological polar surface area (TPSA) is 66.4 Å². The SMILES string of the molecule is C[C@@H](NC(=O)C[C@@](C)(C(=O)O)c1ccccc1)c1ccc(Cl)c(Cl)c1. The van der Waals surface area contributed by atoms with Crippen molar-refractivity contribution in [2.45, 2.75) is 31.7 Å². The number of carbonyl (C=O) groups excluding carboxylic acids is 1. The molecule has 0 saturated heterocycles. The maximum atomic E-state index is 12.4.